The molecule has 0 saturated carbocycles. The molecule has 55 atom stereocenters. The van der Waals surface area contributed by atoms with Crippen LogP contribution in [0.15, 0.2) is 0 Å². The van der Waals surface area contributed by atoms with E-state index in [1.807, 2.05) is 0 Å². The summed E-state index contributed by atoms with van der Waals surface area (Å²) < 4.78 is 126. The van der Waals surface area contributed by atoms with E-state index in [1.54, 1.807) is 0 Å². The predicted octanol–water partition coefficient (Wildman–Crippen LogP) is -24.3. The van der Waals surface area contributed by atoms with Crippen molar-refractivity contribution in [2.45, 2.75) is 372 Å². The molecule has 11 fully saturated rings. The maximum Gasteiger partial charge on any atom is 0.217 e. The lowest BCUT2D eigenvalue weighted by Crippen LogP contribution is -2.71. The van der Waals surface area contributed by atoms with E-state index in [4.69, 9.17) is 99.5 Å². The Morgan fingerprint density at radius 1 is 0.190 bits per heavy atom. The third-order valence-electron chi connectivity index (χ3n) is 25.0. The van der Waals surface area contributed by atoms with Crippen molar-refractivity contribution in [3.8, 4) is 0 Å². The first-order chi connectivity index (χ1) is 64.8. The number of carbonyl (C=O) groups is 5. The topological polar surface area (TPSA) is 946 Å². The summed E-state index contributed by atoms with van der Waals surface area (Å²) >= 11 is 0. The quantitative estimate of drug-likeness (QED) is 0.0277. The number of rotatable bonds is 36. The summed E-state index contributed by atoms with van der Waals surface area (Å²) in [6, 6.07) is -9.68. The summed E-state index contributed by atoms with van der Waals surface area (Å²) in [7, 11) is 0. The van der Waals surface area contributed by atoms with Crippen LogP contribution in [-0.2, 0) is 123 Å². The number of hydrogen-bond donors (Lipinski definition) is 35. The lowest BCUT2D eigenvalue weighted by atomic mass is 9.93. The number of nitrogens with one attached hydrogen (secondary N) is 5. The highest BCUT2D eigenvalue weighted by atomic mass is 16.8. The van der Waals surface area contributed by atoms with Gasteiger partial charge in [0.15, 0.2) is 69.2 Å². The third-order valence-corrected chi connectivity index (χ3v) is 25.0. The summed E-state index contributed by atoms with van der Waals surface area (Å²) in [4.78, 5) is 64.8. The van der Waals surface area contributed by atoms with Crippen LogP contribution < -0.4 is 26.6 Å². The third kappa shape index (κ3) is 25.2. The molecule has 0 unspecified atom stereocenters. The van der Waals surface area contributed by atoms with Gasteiger partial charge in [0.25, 0.3) is 0 Å². The average molecular weight is 2010 g/mol. The molecule has 11 saturated heterocycles. The smallest absolute Gasteiger partial charge is 0.217 e. The van der Waals surface area contributed by atoms with Crippen LogP contribution in [0, 0.1) is 0 Å². The molecule has 137 heavy (non-hydrogen) atoms. The SMILES string of the molecule is CC(=O)N[C@@H]1[C@@H](O)[C@H](O[C@@H]2O[C@H](CO)[C@@H](O[C@@H]3O[C@H](CO[C@H]4O[C@H](CO[C@@H]5O[C@H](CO)[C@@H](O[C@@H]6O[C@H](CO)[C@H](O)[C@H](O)[C@H]6O)[C@H](O)[C@H]5NC(C)=O)[C@@H](O)[C@H](O)[C@@H]4O[C@@H]4O[C@H](CO)[C@@H](O[C@@H]5O[C@H](CO)[C@H](O)[C@H](O)[C@H]5O)[C@H](O)[C@H]4NC(C)=O)[C@@H](O)[C@H](O[C@H]4O[C@H](CO)[C@@H](O)[C@H](O)[C@@H]4O[C@@H]4O[C@H](CO)[C@@H](O[C@@H]5O[C@H](CO)[C@H](O)[C@H](O)[C@H]5O)[C@H](O)[C@H]4NC(C)=O)[C@@H]3O)[C@H](O)[C@H]2NC(C)=O)[C@@H](CO)O[C@H]1O. The van der Waals surface area contributed by atoms with Gasteiger partial charge in [-0.05, 0) is 0 Å². The molecule has 11 heterocycles. The minimum absolute atomic E-state index is 0.827. The fourth-order valence-corrected chi connectivity index (χ4v) is 17.7. The number of aliphatic hydroxyl groups excluding tert-OH is 30. The number of amides is 5. The van der Waals surface area contributed by atoms with Crippen molar-refractivity contribution >= 4 is 29.5 Å². The van der Waals surface area contributed by atoms with Gasteiger partial charge in [0.1, 0.15) is 268 Å². The van der Waals surface area contributed by atoms with Crippen LogP contribution in [-0.4, -0.2) is 593 Å². The normalized spacial score (nSPS) is 48.9. The van der Waals surface area contributed by atoms with Gasteiger partial charge in [0, 0.05) is 34.6 Å². The Bertz CT molecular complexity index is 3780. The van der Waals surface area contributed by atoms with Crippen LogP contribution in [0.3, 0.4) is 0 Å². The summed E-state index contributed by atoms with van der Waals surface area (Å²) in [6.45, 7) is -8.00. The molecule has 61 nitrogen and oxygen atoms in total. The van der Waals surface area contributed by atoms with Crippen molar-refractivity contribution in [1.82, 2.24) is 26.6 Å². The summed E-state index contributed by atoms with van der Waals surface area (Å²) in [5.74, 6) is -4.80. The Morgan fingerprint density at radius 3 is 0.730 bits per heavy atom. The number of carbonyl (C=O) groups excluding carboxylic acids is 5. The van der Waals surface area contributed by atoms with Crippen molar-refractivity contribution in [2.75, 3.05) is 72.7 Å². The van der Waals surface area contributed by atoms with E-state index in [1.165, 1.54) is 0 Å². The van der Waals surface area contributed by atoms with Crippen LogP contribution in [0.5, 0.6) is 0 Å². The molecule has 11 rings (SSSR count). The lowest BCUT2D eigenvalue weighted by molar-refractivity contribution is -0.399. The second-order valence-corrected chi connectivity index (χ2v) is 34.6. The number of aliphatic hydroxyl groups is 30. The Kier molecular flexibility index (Phi) is 40.7. The van der Waals surface area contributed by atoms with Crippen LogP contribution in [0.25, 0.3) is 0 Å². The van der Waals surface area contributed by atoms with Gasteiger partial charge in [-0.15, -0.1) is 0 Å². The first-order valence-corrected chi connectivity index (χ1v) is 43.6. The Labute approximate surface area is 775 Å². The van der Waals surface area contributed by atoms with Crippen LogP contribution in [0.4, 0.5) is 0 Å². The zero-order chi connectivity index (χ0) is 101. The van der Waals surface area contributed by atoms with Crippen molar-refractivity contribution < 1.29 is 277 Å². The monoisotopic (exact) mass is 2010 g/mol. The molecule has 0 aromatic carbocycles. The minimum atomic E-state index is -2.70. The van der Waals surface area contributed by atoms with Gasteiger partial charge in [-0.1, -0.05) is 0 Å². The highest BCUT2D eigenvalue weighted by Crippen LogP contribution is 2.42. The van der Waals surface area contributed by atoms with Gasteiger partial charge in [0.05, 0.1) is 72.7 Å². The second-order valence-electron chi connectivity index (χ2n) is 34.6. The van der Waals surface area contributed by atoms with Gasteiger partial charge in [-0.3, -0.25) is 24.0 Å². The molecule has 35 N–H and O–H groups in total. The van der Waals surface area contributed by atoms with E-state index in [0.29, 0.717) is 0 Å². The van der Waals surface area contributed by atoms with E-state index in [0.717, 1.165) is 34.6 Å². The standard InChI is InChI=1S/C76H127N5O56/c1-17(91)77-33-44(102)58(26(10-86)119-66(33)116)130-68-35(79-19(3)93)46(104)62(30(14-90)125-68)134-74-57(115)63(135-76-65(52(110)41(99)25(9-85)123-76)137-70-37(81-21(5)95)48(106)61(29(13-89)127-70)133-73-56(114)51(109)40(98)24(8-84)122-73)43(101)32(128-74)16-118-75-64(136-69-36(80-20(4)94)47(105)60(28(12-88)126-69)132-72-55(113)50(108)39(97)23(7-83)121-72)53(111)42(100)31(129-75)15-117-67-34(78-18(2)92)45(103)59(27(11-87)124-67)131-71-54(112)49(107)38(96)22(6-82)120-71/h22-76,82-90,96-116H,6-16H2,1-5H3,(H,77,91)(H,78,92)(H,79,93)(H,80,94)(H,81,95)/t22-,23-,24-,25-,26-,27-,28-,29-,30-,31-,32-,33-,34-,35-,36-,37-,38+,39+,40+,41-,42-,43-,44-,45-,46-,47-,48-,49+,50+,51+,52+,53+,54-,55-,56-,57+,58-,59-,60-,61-,62-,63+,64+,65+,66-,67-,68+,69+,70+,71+,72+,73+,74+,75+,76-/m1/s1. The van der Waals surface area contributed by atoms with E-state index in [-0.39, 0.29) is 0 Å². The van der Waals surface area contributed by atoms with Crippen molar-refractivity contribution in [1.29, 1.82) is 0 Å². The first kappa shape index (κ1) is 113. The summed E-state index contributed by atoms with van der Waals surface area (Å²) in [5, 5.41) is 349. The van der Waals surface area contributed by atoms with Crippen LogP contribution in [0.1, 0.15) is 34.6 Å². The highest BCUT2D eigenvalue weighted by Gasteiger charge is 2.63. The molecular formula is C76H127N5O56. The zero-order valence-electron chi connectivity index (χ0n) is 73.6. The molecule has 11 aliphatic rings. The largest absolute Gasteiger partial charge is 0.394 e. The van der Waals surface area contributed by atoms with Crippen LogP contribution >= 0.6 is 0 Å². The summed E-state index contributed by atoms with van der Waals surface area (Å²) in [5.41, 5.74) is 0. The van der Waals surface area contributed by atoms with Gasteiger partial charge < -0.3 is 279 Å². The fourth-order valence-electron chi connectivity index (χ4n) is 17.7. The molecule has 0 spiro atoms. The minimum Gasteiger partial charge on any atom is -0.394 e. The van der Waals surface area contributed by atoms with Gasteiger partial charge in [-0.25, -0.2) is 0 Å². The van der Waals surface area contributed by atoms with Crippen molar-refractivity contribution in [3.63, 3.8) is 0 Å². The average Bonchev–Trinajstić information content (AvgIpc) is 0.761. The van der Waals surface area contributed by atoms with Crippen LogP contribution in [0.2, 0.25) is 0 Å². The molecule has 11 aliphatic heterocycles. The molecule has 0 aromatic heterocycles. The Morgan fingerprint density at radius 2 is 0.401 bits per heavy atom. The molecule has 0 radical (unpaired) electrons. The second kappa shape index (κ2) is 49.5. The summed E-state index contributed by atoms with van der Waals surface area (Å²) in [6.07, 6.45) is -108. The fraction of sp³-hybridized carbons (Fsp3) is 0.934. The van der Waals surface area contributed by atoms with E-state index in [2.05, 4.69) is 26.6 Å². The predicted molar refractivity (Wildman–Crippen MR) is 420 cm³/mol. The van der Waals surface area contributed by atoms with Crippen molar-refractivity contribution in [2.24, 2.45) is 0 Å². The van der Waals surface area contributed by atoms with E-state index >= 15 is 0 Å². The molecule has 0 bridgehead atoms. The Hall–Kier alpha value is -4.69. The first-order valence-electron chi connectivity index (χ1n) is 43.6. The molecule has 0 aromatic rings. The molecule has 0 aliphatic carbocycles. The molecule has 792 valence electrons. The maximum atomic E-state index is 13.2. The zero-order valence-corrected chi connectivity index (χ0v) is 73.6. The number of hydrogen-bond acceptors (Lipinski definition) is 56. The molecular weight excluding hydrogens is 1880 g/mol. The molecule has 61 heteroatoms. The van der Waals surface area contributed by atoms with Gasteiger partial charge >= 0.3 is 0 Å². The van der Waals surface area contributed by atoms with Crippen molar-refractivity contribution in [3.05, 3.63) is 0 Å². The maximum absolute atomic E-state index is 13.2. The van der Waals surface area contributed by atoms with Gasteiger partial charge in [-0.2, -0.15) is 0 Å². The van der Waals surface area contributed by atoms with Gasteiger partial charge in [0.2, 0.25) is 29.5 Å². The molecule has 5 amide bonds. The van der Waals surface area contributed by atoms with E-state index in [9.17, 15) is 177 Å². The lowest BCUT2D eigenvalue weighted by Gasteiger charge is -2.51. The Balaban J connectivity index is 0.964. The number of ether oxygens (including phenoxy) is 21. The highest BCUT2D eigenvalue weighted by molar-refractivity contribution is 5.75. The van der Waals surface area contributed by atoms with E-state index < -0.39 is 440 Å².